The summed E-state index contributed by atoms with van der Waals surface area (Å²) in [5, 5.41) is 7.35. The predicted molar refractivity (Wildman–Crippen MR) is 80.7 cm³/mol. The fourth-order valence-electron chi connectivity index (χ4n) is 2.00. The first-order valence-corrected chi connectivity index (χ1v) is 6.88. The van der Waals surface area contributed by atoms with Crippen molar-refractivity contribution in [2.24, 2.45) is 0 Å². The highest BCUT2D eigenvalue weighted by molar-refractivity contribution is 6.31. The average molecular weight is 353 g/mol. The van der Waals surface area contributed by atoms with E-state index in [0.717, 1.165) is 12.1 Å². The lowest BCUT2D eigenvalue weighted by atomic mass is 10.1. The second-order valence-corrected chi connectivity index (χ2v) is 5.10. The zero-order valence-corrected chi connectivity index (χ0v) is 12.5. The molecule has 0 aliphatic carbocycles. The zero-order valence-electron chi connectivity index (χ0n) is 11.8. The van der Waals surface area contributed by atoms with Gasteiger partial charge in [0.05, 0.1) is 5.56 Å². The number of hydrogen-bond donors (Lipinski definition) is 1. The smallest absolute Gasteiger partial charge is 0.366 e. The Hall–Kier alpha value is -2.81. The Labute approximate surface area is 138 Å². The van der Waals surface area contributed by atoms with Crippen LogP contribution in [-0.2, 0) is 6.18 Å². The number of hydrogen-bond acceptors (Lipinski definition) is 6. The third kappa shape index (κ3) is 3.25. The van der Waals surface area contributed by atoms with Crippen LogP contribution in [0.1, 0.15) is 5.56 Å². The Bertz CT molecular complexity index is 885. The minimum atomic E-state index is -4.56. The highest BCUT2D eigenvalue weighted by Crippen LogP contribution is 2.36. The van der Waals surface area contributed by atoms with E-state index in [1.54, 1.807) is 6.07 Å². The Balaban J connectivity index is 2.23. The number of halogens is 4. The first-order chi connectivity index (χ1) is 11.3. The van der Waals surface area contributed by atoms with Crippen LogP contribution in [0.15, 0.2) is 36.7 Å². The molecule has 0 saturated heterocycles. The molecule has 0 saturated carbocycles. The fraction of sp³-hybridized carbons (Fsp3) is 0.0714. The summed E-state index contributed by atoms with van der Waals surface area (Å²) in [6, 6.07) is 4.63. The van der Waals surface area contributed by atoms with Crippen molar-refractivity contribution in [3.05, 3.63) is 47.2 Å². The molecular weight excluding hydrogens is 345 g/mol. The Kier molecular flexibility index (Phi) is 4.02. The summed E-state index contributed by atoms with van der Waals surface area (Å²) in [5.74, 6) is 0.00177. The maximum atomic E-state index is 13.0. The molecule has 0 radical (unpaired) electrons. The third-order valence-corrected chi connectivity index (χ3v) is 3.20. The van der Waals surface area contributed by atoms with Gasteiger partial charge in [-0.1, -0.05) is 11.6 Å². The molecule has 0 bridgehead atoms. The molecule has 2 N–H and O–H groups in total. The van der Waals surface area contributed by atoms with Crippen molar-refractivity contribution in [1.29, 1.82) is 0 Å². The maximum Gasteiger partial charge on any atom is 0.416 e. The Morgan fingerprint density at radius 3 is 2.33 bits per heavy atom. The Morgan fingerprint density at radius 1 is 0.958 bits per heavy atom. The molecule has 0 spiro atoms. The number of aromatic nitrogens is 5. The molecule has 0 unspecified atom stereocenters. The standard InChI is InChI=1S/C14H8ClF3N6/c15-9-5-7(4-8(6-9)14(16,17)18)10-11(22-13(19)24-23-10)12-20-2-1-3-21-12/h1-6H,(H2,19,22,24). The summed E-state index contributed by atoms with van der Waals surface area (Å²) in [5.41, 5.74) is 4.85. The van der Waals surface area contributed by atoms with E-state index in [1.165, 1.54) is 18.5 Å². The number of benzene rings is 1. The quantitative estimate of drug-likeness (QED) is 0.761. The normalized spacial score (nSPS) is 11.5. The van der Waals surface area contributed by atoms with Gasteiger partial charge < -0.3 is 5.73 Å². The van der Waals surface area contributed by atoms with Gasteiger partial charge >= 0.3 is 6.18 Å². The van der Waals surface area contributed by atoms with E-state index in [-0.39, 0.29) is 33.7 Å². The SMILES string of the molecule is Nc1nnc(-c2cc(Cl)cc(C(F)(F)F)c2)c(-c2ncccn2)n1. The monoisotopic (exact) mass is 352 g/mol. The molecule has 24 heavy (non-hydrogen) atoms. The minimum Gasteiger partial charge on any atom is -0.366 e. The summed E-state index contributed by atoms with van der Waals surface area (Å²) in [4.78, 5) is 12.0. The first-order valence-electron chi connectivity index (χ1n) is 6.50. The molecule has 3 rings (SSSR count). The van der Waals surface area contributed by atoms with Crippen LogP contribution in [0.4, 0.5) is 19.1 Å². The van der Waals surface area contributed by atoms with Crippen LogP contribution in [0.25, 0.3) is 22.8 Å². The molecule has 3 aromatic rings. The van der Waals surface area contributed by atoms with Crippen molar-refractivity contribution in [2.75, 3.05) is 5.73 Å². The minimum absolute atomic E-state index is 0.0448. The molecule has 10 heteroatoms. The van der Waals surface area contributed by atoms with E-state index in [4.69, 9.17) is 17.3 Å². The van der Waals surface area contributed by atoms with Crippen molar-refractivity contribution in [1.82, 2.24) is 25.1 Å². The molecule has 0 atom stereocenters. The second kappa shape index (κ2) is 6.00. The van der Waals surface area contributed by atoms with E-state index in [1.807, 2.05) is 0 Å². The summed E-state index contributed by atoms with van der Waals surface area (Å²) >= 11 is 5.81. The molecule has 0 aliphatic heterocycles. The molecule has 2 heterocycles. The lowest BCUT2D eigenvalue weighted by Crippen LogP contribution is -2.07. The van der Waals surface area contributed by atoms with Crippen LogP contribution in [0.5, 0.6) is 0 Å². The highest BCUT2D eigenvalue weighted by atomic mass is 35.5. The predicted octanol–water partition coefficient (Wildman–Crippen LogP) is 3.25. The molecule has 122 valence electrons. The van der Waals surface area contributed by atoms with Gasteiger partial charge in [-0.3, -0.25) is 0 Å². The maximum absolute atomic E-state index is 13.0. The van der Waals surface area contributed by atoms with Gasteiger partial charge in [0, 0.05) is 23.0 Å². The number of nitrogen functional groups attached to an aromatic ring is 1. The van der Waals surface area contributed by atoms with Gasteiger partial charge in [0.1, 0.15) is 11.4 Å². The third-order valence-electron chi connectivity index (χ3n) is 2.98. The van der Waals surface area contributed by atoms with E-state index < -0.39 is 11.7 Å². The van der Waals surface area contributed by atoms with E-state index in [2.05, 4.69) is 25.1 Å². The van der Waals surface area contributed by atoms with E-state index >= 15 is 0 Å². The number of alkyl halides is 3. The first kappa shape index (κ1) is 16.1. The van der Waals surface area contributed by atoms with Crippen molar-refractivity contribution in [3.63, 3.8) is 0 Å². The molecule has 2 aromatic heterocycles. The second-order valence-electron chi connectivity index (χ2n) is 4.67. The van der Waals surface area contributed by atoms with Crippen molar-refractivity contribution < 1.29 is 13.2 Å². The molecule has 1 aromatic carbocycles. The molecule has 0 amide bonds. The molecule has 0 aliphatic rings. The number of nitrogens with two attached hydrogens (primary N) is 1. The van der Waals surface area contributed by atoms with Gasteiger partial charge in [-0.05, 0) is 24.3 Å². The summed E-state index contributed by atoms with van der Waals surface area (Å²) in [7, 11) is 0. The molecular formula is C14H8ClF3N6. The van der Waals surface area contributed by atoms with Crippen molar-refractivity contribution in [3.8, 4) is 22.8 Å². The van der Waals surface area contributed by atoms with Gasteiger partial charge in [0.2, 0.25) is 5.95 Å². The highest BCUT2D eigenvalue weighted by Gasteiger charge is 2.31. The van der Waals surface area contributed by atoms with Crippen molar-refractivity contribution >= 4 is 17.5 Å². The topological polar surface area (TPSA) is 90.5 Å². The summed E-state index contributed by atoms with van der Waals surface area (Å²) in [6.45, 7) is 0. The summed E-state index contributed by atoms with van der Waals surface area (Å²) < 4.78 is 39.0. The van der Waals surface area contributed by atoms with Gasteiger partial charge in [0.15, 0.2) is 5.82 Å². The van der Waals surface area contributed by atoms with Gasteiger partial charge in [-0.15, -0.1) is 10.2 Å². The largest absolute Gasteiger partial charge is 0.416 e. The average Bonchev–Trinajstić information content (AvgIpc) is 2.54. The fourth-order valence-corrected chi connectivity index (χ4v) is 2.24. The van der Waals surface area contributed by atoms with Crippen LogP contribution in [0, 0.1) is 0 Å². The van der Waals surface area contributed by atoms with Gasteiger partial charge in [0.25, 0.3) is 0 Å². The van der Waals surface area contributed by atoms with Crippen LogP contribution in [0.2, 0.25) is 5.02 Å². The zero-order chi connectivity index (χ0) is 17.3. The lowest BCUT2D eigenvalue weighted by Gasteiger charge is -2.11. The van der Waals surface area contributed by atoms with E-state index in [9.17, 15) is 13.2 Å². The van der Waals surface area contributed by atoms with Crippen LogP contribution in [-0.4, -0.2) is 25.1 Å². The number of nitrogens with zero attached hydrogens (tertiary/aromatic N) is 5. The molecule has 0 fully saturated rings. The lowest BCUT2D eigenvalue weighted by molar-refractivity contribution is -0.137. The van der Waals surface area contributed by atoms with Crippen LogP contribution >= 0.6 is 11.6 Å². The van der Waals surface area contributed by atoms with Gasteiger partial charge in [-0.2, -0.15) is 13.2 Å². The van der Waals surface area contributed by atoms with Crippen LogP contribution < -0.4 is 5.73 Å². The van der Waals surface area contributed by atoms with E-state index in [0.29, 0.717) is 0 Å². The van der Waals surface area contributed by atoms with Crippen LogP contribution in [0.3, 0.4) is 0 Å². The summed E-state index contributed by atoms with van der Waals surface area (Å²) in [6.07, 6.45) is -1.63. The van der Waals surface area contributed by atoms with Gasteiger partial charge in [-0.25, -0.2) is 15.0 Å². The number of rotatable bonds is 2. The van der Waals surface area contributed by atoms with Crippen molar-refractivity contribution in [2.45, 2.75) is 6.18 Å². The Morgan fingerprint density at radius 2 is 1.67 bits per heavy atom. The number of anilines is 1. The molecule has 6 nitrogen and oxygen atoms in total.